The van der Waals surface area contributed by atoms with Crippen LogP contribution < -0.4 is 0 Å². The molecular formula is C15H28O2. The van der Waals surface area contributed by atoms with Gasteiger partial charge in [0.25, 0.3) is 0 Å². The van der Waals surface area contributed by atoms with Crippen LogP contribution in [-0.4, -0.2) is 11.6 Å². The zero-order valence-electron chi connectivity index (χ0n) is 11.9. The second kappa shape index (κ2) is 6.42. The van der Waals surface area contributed by atoms with Crippen molar-refractivity contribution in [2.75, 3.05) is 0 Å². The van der Waals surface area contributed by atoms with Crippen LogP contribution in [0.5, 0.6) is 0 Å². The van der Waals surface area contributed by atoms with Crippen molar-refractivity contribution in [3.63, 3.8) is 0 Å². The third-order valence-electron chi connectivity index (χ3n) is 4.39. The van der Waals surface area contributed by atoms with E-state index in [2.05, 4.69) is 13.8 Å². The van der Waals surface area contributed by atoms with Crippen molar-refractivity contribution >= 4 is 5.97 Å². The van der Waals surface area contributed by atoms with Crippen molar-refractivity contribution in [1.82, 2.24) is 0 Å². The van der Waals surface area contributed by atoms with Crippen LogP contribution in [0.3, 0.4) is 0 Å². The zero-order valence-corrected chi connectivity index (χ0v) is 11.9. The van der Waals surface area contributed by atoms with Gasteiger partial charge in [-0.1, -0.05) is 34.1 Å². The highest BCUT2D eigenvalue weighted by atomic mass is 16.6. The van der Waals surface area contributed by atoms with E-state index in [0.29, 0.717) is 5.92 Å². The number of carbonyl (C=O) groups is 1. The van der Waals surface area contributed by atoms with Gasteiger partial charge < -0.3 is 4.74 Å². The predicted molar refractivity (Wildman–Crippen MR) is 70.8 cm³/mol. The Morgan fingerprint density at radius 1 is 1.24 bits per heavy atom. The Hall–Kier alpha value is -0.530. The van der Waals surface area contributed by atoms with Crippen LogP contribution in [0.4, 0.5) is 0 Å². The van der Waals surface area contributed by atoms with Gasteiger partial charge in [-0.15, -0.1) is 0 Å². The second-order valence-corrected chi connectivity index (χ2v) is 5.69. The van der Waals surface area contributed by atoms with Gasteiger partial charge in [-0.25, -0.2) is 0 Å². The molecule has 2 unspecified atom stereocenters. The van der Waals surface area contributed by atoms with Gasteiger partial charge in [-0.3, -0.25) is 4.79 Å². The summed E-state index contributed by atoms with van der Waals surface area (Å²) in [5, 5.41) is 0. The monoisotopic (exact) mass is 240 g/mol. The van der Waals surface area contributed by atoms with Gasteiger partial charge in [0.15, 0.2) is 0 Å². The fraction of sp³-hybridized carbons (Fsp3) is 0.933. The average Bonchev–Trinajstić information content (AvgIpc) is 2.78. The first-order valence-corrected chi connectivity index (χ1v) is 7.28. The Balaban J connectivity index is 2.68. The van der Waals surface area contributed by atoms with E-state index in [1.807, 2.05) is 13.8 Å². The molecule has 0 bridgehead atoms. The molecule has 0 aromatic heterocycles. The molecule has 0 amide bonds. The topological polar surface area (TPSA) is 26.3 Å². The highest BCUT2D eigenvalue weighted by Gasteiger charge is 2.42. The molecule has 0 N–H and O–H groups in total. The minimum absolute atomic E-state index is 0.0114. The van der Waals surface area contributed by atoms with E-state index in [1.165, 1.54) is 19.3 Å². The molecule has 0 heterocycles. The quantitative estimate of drug-likeness (QED) is 0.646. The fourth-order valence-electron chi connectivity index (χ4n) is 2.83. The third kappa shape index (κ3) is 3.46. The van der Waals surface area contributed by atoms with E-state index in [-0.39, 0.29) is 17.5 Å². The van der Waals surface area contributed by atoms with Crippen LogP contribution >= 0.6 is 0 Å². The lowest BCUT2D eigenvalue weighted by molar-refractivity contribution is -0.170. The van der Waals surface area contributed by atoms with Crippen molar-refractivity contribution < 1.29 is 9.53 Å². The number of carbonyl (C=O) groups excluding carboxylic acids is 1. The van der Waals surface area contributed by atoms with E-state index >= 15 is 0 Å². The van der Waals surface area contributed by atoms with Gasteiger partial charge >= 0.3 is 5.97 Å². The summed E-state index contributed by atoms with van der Waals surface area (Å²) in [7, 11) is 0. The van der Waals surface area contributed by atoms with Crippen LogP contribution in [-0.2, 0) is 9.53 Å². The number of hydrogen-bond donors (Lipinski definition) is 0. The number of hydrogen-bond acceptors (Lipinski definition) is 2. The van der Waals surface area contributed by atoms with Gasteiger partial charge in [0.1, 0.15) is 5.60 Å². The van der Waals surface area contributed by atoms with Crippen molar-refractivity contribution in [2.24, 2.45) is 11.8 Å². The molecule has 1 aliphatic carbocycles. The highest BCUT2D eigenvalue weighted by molar-refractivity contribution is 5.72. The van der Waals surface area contributed by atoms with Crippen LogP contribution in [0.2, 0.25) is 0 Å². The molecule has 0 aromatic rings. The molecule has 0 aromatic carbocycles. The summed E-state index contributed by atoms with van der Waals surface area (Å²) in [6.07, 6.45) is 7.75. The van der Waals surface area contributed by atoms with E-state index < -0.39 is 0 Å². The summed E-state index contributed by atoms with van der Waals surface area (Å²) in [5.41, 5.74) is -0.142. The Bertz CT molecular complexity index is 241. The minimum atomic E-state index is -0.142. The van der Waals surface area contributed by atoms with E-state index in [4.69, 9.17) is 4.74 Å². The molecule has 2 nitrogen and oxygen atoms in total. The molecule has 100 valence electrons. The Kier molecular flexibility index (Phi) is 5.48. The van der Waals surface area contributed by atoms with Crippen molar-refractivity contribution in [2.45, 2.75) is 78.2 Å². The van der Waals surface area contributed by atoms with Crippen LogP contribution in [0.15, 0.2) is 0 Å². The van der Waals surface area contributed by atoms with Gasteiger partial charge in [-0.2, -0.15) is 0 Å². The lowest BCUT2D eigenvalue weighted by Gasteiger charge is -2.36. The van der Waals surface area contributed by atoms with Gasteiger partial charge in [0, 0.05) is 0 Å². The number of ether oxygens (including phenoxy) is 1. The summed E-state index contributed by atoms with van der Waals surface area (Å²) in [4.78, 5) is 12.0. The highest BCUT2D eigenvalue weighted by Crippen LogP contribution is 2.41. The molecule has 1 fully saturated rings. The molecule has 1 aliphatic rings. The number of esters is 1. The second-order valence-electron chi connectivity index (χ2n) is 5.69. The lowest BCUT2D eigenvalue weighted by Crippen LogP contribution is -2.40. The maximum absolute atomic E-state index is 12.0. The normalized spacial score (nSPS) is 22.1. The van der Waals surface area contributed by atoms with Gasteiger partial charge in [0.2, 0.25) is 0 Å². The molecule has 17 heavy (non-hydrogen) atoms. The Labute approximate surface area is 106 Å². The van der Waals surface area contributed by atoms with Crippen LogP contribution in [0.1, 0.15) is 72.6 Å². The fourth-order valence-corrected chi connectivity index (χ4v) is 2.83. The average molecular weight is 240 g/mol. The molecule has 0 saturated heterocycles. The molecule has 2 atom stereocenters. The van der Waals surface area contributed by atoms with Crippen LogP contribution in [0, 0.1) is 11.8 Å². The molecule has 0 spiro atoms. The van der Waals surface area contributed by atoms with E-state index in [1.54, 1.807) is 0 Å². The molecular weight excluding hydrogens is 212 g/mol. The maximum Gasteiger partial charge on any atom is 0.309 e. The van der Waals surface area contributed by atoms with Crippen molar-refractivity contribution in [1.29, 1.82) is 0 Å². The lowest BCUT2D eigenvalue weighted by atomic mass is 9.83. The van der Waals surface area contributed by atoms with Crippen molar-refractivity contribution in [3.05, 3.63) is 0 Å². The van der Waals surface area contributed by atoms with Gasteiger partial charge in [-0.05, 0) is 44.4 Å². The predicted octanol–water partition coefficient (Wildman–Crippen LogP) is 4.32. The third-order valence-corrected chi connectivity index (χ3v) is 4.39. The van der Waals surface area contributed by atoms with Crippen molar-refractivity contribution in [3.8, 4) is 0 Å². The molecule has 1 saturated carbocycles. The molecule has 2 heteroatoms. The zero-order chi connectivity index (χ0) is 12.9. The maximum atomic E-state index is 12.0. The SMILES string of the molecule is CCCC(C)C1(OC(=O)C(C)CC)CCCC1. The number of rotatable bonds is 6. The smallest absolute Gasteiger partial charge is 0.309 e. The Morgan fingerprint density at radius 2 is 1.82 bits per heavy atom. The Morgan fingerprint density at radius 3 is 2.29 bits per heavy atom. The molecule has 1 rings (SSSR count). The summed E-state index contributed by atoms with van der Waals surface area (Å²) in [5.74, 6) is 0.557. The first-order chi connectivity index (χ1) is 8.05. The van der Waals surface area contributed by atoms with E-state index in [0.717, 1.165) is 25.7 Å². The standard InChI is InChI=1S/C15H28O2/c1-5-9-13(4)15(10-7-8-11-15)17-14(16)12(3)6-2/h12-13H,5-11H2,1-4H3. The largest absolute Gasteiger partial charge is 0.459 e. The molecule has 0 radical (unpaired) electrons. The summed E-state index contributed by atoms with van der Waals surface area (Å²) in [6, 6.07) is 0. The summed E-state index contributed by atoms with van der Waals surface area (Å²) < 4.78 is 5.93. The first-order valence-electron chi connectivity index (χ1n) is 7.28. The summed E-state index contributed by atoms with van der Waals surface area (Å²) >= 11 is 0. The van der Waals surface area contributed by atoms with E-state index in [9.17, 15) is 4.79 Å². The summed E-state index contributed by atoms with van der Waals surface area (Å²) in [6.45, 7) is 8.46. The van der Waals surface area contributed by atoms with Gasteiger partial charge in [0.05, 0.1) is 5.92 Å². The van der Waals surface area contributed by atoms with Crippen LogP contribution in [0.25, 0.3) is 0 Å². The minimum Gasteiger partial charge on any atom is -0.459 e. The first kappa shape index (κ1) is 14.5. The molecule has 0 aliphatic heterocycles.